The molecule has 19 nitrogen and oxygen atoms in total. The smallest absolute Gasteiger partial charge is 0.407 e. The molecule has 2 fully saturated rings. The number of anilines is 2. The van der Waals surface area contributed by atoms with E-state index in [1.54, 1.807) is 24.3 Å². The number of aromatic amines is 1. The van der Waals surface area contributed by atoms with Gasteiger partial charge in [-0.25, -0.2) is 28.4 Å². The van der Waals surface area contributed by atoms with E-state index in [-0.39, 0.29) is 30.0 Å². The maximum atomic E-state index is 13.8. The number of amides is 2. The van der Waals surface area contributed by atoms with Crippen LogP contribution < -0.4 is 31.6 Å². The molecular formula is C52H60Cl2N12O7. The van der Waals surface area contributed by atoms with Gasteiger partial charge in [0.15, 0.2) is 17.4 Å². The summed E-state index contributed by atoms with van der Waals surface area (Å²) in [4.78, 5) is 68.2. The van der Waals surface area contributed by atoms with Gasteiger partial charge in [-0.05, 0) is 90.5 Å². The number of Topliss-reactive ketones (excluding diaryl/α,β-unsaturated/α-hetero) is 1. The highest BCUT2D eigenvalue weighted by atomic mass is 35.5. The second-order valence-corrected chi connectivity index (χ2v) is 21.0. The highest BCUT2D eigenvalue weighted by molar-refractivity contribution is 6.31. The lowest BCUT2D eigenvalue weighted by atomic mass is 10.0. The number of fused-ring (bicyclic) bond motifs is 2. The minimum Gasteiger partial charge on any atom is -0.444 e. The Bertz CT molecular complexity index is 3230. The number of ether oxygens (including phenoxy) is 2. The van der Waals surface area contributed by atoms with Crippen LogP contribution >= 0.6 is 23.2 Å². The van der Waals surface area contributed by atoms with E-state index in [0.717, 1.165) is 48.9 Å². The Balaban J connectivity index is 0.000000201. The van der Waals surface area contributed by atoms with Gasteiger partial charge in [0.25, 0.3) is 11.1 Å². The molecule has 3 aromatic carbocycles. The first-order chi connectivity index (χ1) is 34.8. The average molecular weight is 1040 g/mol. The van der Waals surface area contributed by atoms with Gasteiger partial charge in [-0.2, -0.15) is 10.2 Å². The van der Waals surface area contributed by atoms with Crippen LogP contribution in [-0.4, -0.2) is 107 Å². The summed E-state index contributed by atoms with van der Waals surface area (Å²) in [6.07, 6.45) is 6.15. The number of H-pyrrole nitrogens is 1. The van der Waals surface area contributed by atoms with Crippen molar-refractivity contribution >= 4 is 63.8 Å². The minimum absolute atomic E-state index is 0.0898. The van der Waals surface area contributed by atoms with Gasteiger partial charge < -0.3 is 29.9 Å². The SMILES string of the molecule is CC(C)(C)OC(=O)N[C@@H]1CCCN(c2nn3cn[nH]c(=O)c3c2Cc2ccccc2Cl)C1.CC(C)(C)OC(=O)N[C@@H]1CCCN(c2nn3cnn(CC(=O)c4ccccc4)c(=O)c3c2Cc2ccccc2Cl)C1. The zero-order valence-electron chi connectivity index (χ0n) is 41.7. The fourth-order valence-corrected chi connectivity index (χ4v) is 9.42. The summed E-state index contributed by atoms with van der Waals surface area (Å²) < 4.78 is 15.0. The van der Waals surface area contributed by atoms with E-state index in [1.807, 2.05) is 96.1 Å². The van der Waals surface area contributed by atoms with Crippen molar-refractivity contribution in [1.29, 1.82) is 0 Å². The van der Waals surface area contributed by atoms with Crippen LogP contribution in [0.2, 0.25) is 10.0 Å². The molecular weight excluding hydrogens is 976 g/mol. The molecule has 0 aliphatic carbocycles. The summed E-state index contributed by atoms with van der Waals surface area (Å²) in [5, 5.41) is 27.2. The van der Waals surface area contributed by atoms with E-state index in [1.165, 1.54) is 26.4 Å². The first-order valence-corrected chi connectivity index (χ1v) is 25.0. The molecule has 2 aliphatic rings. The lowest BCUT2D eigenvalue weighted by Gasteiger charge is -2.34. The molecule has 2 saturated heterocycles. The number of hydrogen-bond donors (Lipinski definition) is 3. The Kier molecular flexibility index (Phi) is 15.9. The van der Waals surface area contributed by atoms with Crippen molar-refractivity contribution in [1.82, 2.24) is 49.8 Å². The maximum Gasteiger partial charge on any atom is 0.407 e. The molecule has 7 aromatic rings. The highest BCUT2D eigenvalue weighted by Crippen LogP contribution is 2.32. The number of hydrogen-bond acceptors (Lipinski definition) is 13. The Morgan fingerprint density at radius 1 is 0.671 bits per heavy atom. The van der Waals surface area contributed by atoms with Crippen LogP contribution in [-0.2, 0) is 28.9 Å². The Morgan fingerprint density at radius 2 is 1.15 bits per heavy atom. The van der Waals surface area contributed by atoms with Gasteiger partial charge in [0.2, 0.25) is 0 Å². The van der Waals surface area contributed by atoms with E-state index in [0.29, 0.717) is 76.3 Å². The maximum absolute atomic E-state index is 13.8. The molecule has 2 atom stereocenters. The largest absolute Gasteiger partial charge is 0.444 e. The number of aromatic nitrogens is 8. The number of carbonyl (C=O) groups excluding carboxylic acids is 3. The zero-order valence-corrected chi connectivity index (χ0v) is 43.2. The van der Waals surface area contributed by atoms with Crippen LogP contribution in [0.1, 0.15) is 99.8 Å². The molecule has 21 heteroatoms. The van der Waals surface area contributed by atoms with Gasteiger partial charge >= 0.3 is 12.2 Å². The molecule has 4 aromatic heterocycles. The summed E-state index contributed by atoms with van der Waals surface area (Å²) in [6.45, 7) is 13.3. The normalized spacial score (nSPS) is 16.2. The molecule has 3 N–H and O–H groups in total. The first kappa shape index (κ1) is 52.1. The third-order valence-electron chi connectivity index (χ3n) is 12.2. The van der Waals surface area contributed by atoms with E-state index < -0.39 is 28.9 Å². The van der Waals surface area contributed by atoms with Gasteiger partial charge in [-0.3, -0.25) is 14.4 Å². The lowest BCUT2D eigenvalue weighted by Crippen LogP contribution is -2.49. The predicted molar refractivity (Wildman–Crippen MR) is 279 cm³/mol. The number of carbonyl (C=O) groups is 3. The van der Waals surface area contributed by atoms with Crippen LogP contribution in [0, 0.1) is 0 Å². The quantitative estimate of drug-likeness (QED) is 0.106. The van der Waals surface area contributed by atoms with Crippen LogP contribution in [0.15, 0.2) is 101 Å². The molecule has 73 heavy (non-hydrogen) atoms. The zero-order chi connectivity index (χ0) is 52.0. The molecule has 0 saturated carbocycles. The standard InChI is InChI=1S/C30H33ClN6O4.C22H27ClN6O3/c1-30(2,3)41-29(40)33-22-13-9-15-35(17-22)27-23(16-21-12-7-8-14-24(21)31)26-28(39)36(32-19-37(26)34-27)18-25(38)20-10-5-4-6-11-20;1-22(2,3)32-21(31)25-15-8-6-10-28(12-15)19-16(11-14-7-4-5-9-17(14)23)18-20(30)26-24-13-29(18)27-19/h4-8,10-12,14,19,22H,9,13,15-18H2,1-3H3,(H,33,40);4-5,7,9,13,15H,6,8,10-12H2,1-3H3,(H,25,31)(H,26,30)/t22-;15-/m11/s1. The number of nitrogens with one attached hydrogen (secondary N) is 3. The topological polar surface area (TPSA) is 215 Å². The van der Waals surface area contributed by atoms with Crippen molar-refractivity contribution < 1.29 is 23.9 Å². The number of rotatable bonds is 11. The van der Waals surface area contributed by atoms with Crippen molar-refractivity contribution in [2.45, 2.75) is 110 Å². The first-order valence-electron chi connectivity index (χ1n) is 24.3. The third-order valence-corrected chi connectivity index (χ3v) is 12.9. The summed E-state index contributed by atoms with van der Waals surface area (Å²) in [5.41, 5.74) is 2.60. The van der Waals surface area contributed by atoms with Crippen molar-refractivity contribution in [3.63, 3.8) is 0 Å². The second-order valence-electron chi connectivity index (χ2n) is 20.2. The van der Waals surface area contributed by atoms with Gasteiger partial charge in [-0.1, -0.05) is 89.9 Å². The third kappa shape index (κ3) is 13.1. The second kappa shape index (κ2) is 22.3. The molecule has 6 heterocycles. The van der Waals surface area contributed by atoms with Crippen LogP contribution in [0.25, 0.3) is 11.0 Å². The van der Waals surface area contributed by atoms with Crippen LogP contribution in [0.5, 0.6) is 0 Å². The van der Waals surface area contributed by atoms with E-state index >= 15 is 0 Å². The number of piperidine rings is 2. The molecule has 0 unspecified atom stereocenters. The molecule has 2 amide bonds. The van der Waals surface area contributed by atoms with Gasteiger partial charge in [0, 0.05) is 77.8 Å². The summed E-state index contributed by atoms with van der Waals surface area (Å²) >= 11 is 12.9. The number of nitrogens with zero attached hydrogens (tertiary/aromatic N) is 9. The number of alkyl carbamates (subject to hydrolysis) is 2. The summed E-state index contributed by atoms with van der Waals surface area (Å²) in [7, 11) is 0. The molecule has 384 valence electrons. The Morgan fingerprint density at radius 3 is 1.66 bits per heavy atom. The van der Waals surface area contributed by atoms with Crippen LogP contribution in [0.3, 0.4) is 0 Å². The van der Waals surface area contributed by atoms with E-state index in [9.17, 15) is 24.0 Å². The number of benzene rings is 3. The molecule has 2 aliphatic heterocycles. The molecule has 0 radical (unpaired) electrons. The molecule has 0 spiro atoms. The van der Waals surface area contributed by atoms with Crippen molar-refractivity contribution in [3.8, 4) is 0 Å². The Labute approximate surface area is 431 Å². The Hall–Kier alpha value is -7.25. The number of halogens is 2. The minimum atomic E-state index is -0.600. The molecule has 9 rings (SSSR count). The van der Waals surface area contributed by atoms with Crippen LogP contribution in [0.4, 0.5) is 21.2 Å². The van der Waals surface area contributed by atoms with Gasteiger partial charge in [0.05, 0.1) is 0 Å². The van der Waals surface area contributed by atoms with Crippen molar-refractivity contribution in [2.75, 3.05) is 36.0 Å². The lowest BCUT2D eigenvalue weighted by molar-refractivity contribution is 0.0488. The number of ketones is 1. The molecule has 0 bridgehead atoms. The van der Waals surface area contributed by atoms with Crippen molar-refractivity contribution in [3.05, 3.63) is 150 Å². The highest BCUT2D eigenvalue weighted by Gasteiger charge is 2.31. The fourth-order valence-electron chi connectivity index (χ4n) is 9.01. The summed E-state index contributed by atoms with van der Waals surface area (Å²) in [6, 6.07) is 23.6. The van der Waals surface area contributed by atoms with E-state index in [2.05, 4.69) is 40.8 Å². The van der Waals surface area contributed by atoms with Crippen molar-refractivity contribution in [2.24, 2.45) is 0 Å². The van der Waals surface area contributed by atoms with E-state index in [4.69, 9.17) is 37.8 Å². The predicted octanol–water partition coefficient (Wildman–Crippen LogP) is 7.67. The summed E-state index contributed by atoms with van der Waals surface area (Å²) in [5.74, 6) is 1.09. The van der Waals surface area contributed by atoms with Gasteiger partial charge in [0.1, 0.15) is 41.4 Å². The monoisotopic (exact) mass is 1030 g/mol. The fraction of sp³-hybridized carbons (Fsp3) is 0.404. The van der Waals surface area contributed by atoms with Gasteiger partial charge in [-0.15, -0.1) is 10.2 Å². The average Bonchev–Trinajstić information content (AvgIpc) is 3.90.